The second kappa shape index (κ2) is 10.6. The lowest BCUT2D eigenvalue weighted by atomic mass is 10.00. The molecule has 4 aromatic rings. The smallest absolute Gasteiger partial charge is 0.368 e. The molecule has 1 aliphatic rings. The number of halogens is 3. The number of hydrogen-bond donors (Lipinski definition) is 3. The minimum atomic E-state index is -4.30. The summed E-state index contributed by atoms with van der Waals surface area (Å²) in [5, 5.41) is 8.57. The molecule has 0 atom stereocenters. The van der Waals surface area contributed by atoms with Crippen molar-refractivity contribution in [1.29, 1.82) is 0 Å². The van der Waals surface area contributed by atoms with Crippen LogP contribution < -0.4 is 16.0 Å². The fraction of sp³-hybridized carbons (Fsp3) is 0.323. The Morgan fingerprint density at radius 2 is 1.54 bits per heavy atom. The lowest BCUT2D eigenvalue weighted by Gasteiger charge is -2.14. The van der Waals surface area contributed by atoms with Crippen LogP contribution in [0.5, 0.6) is 0 Å². The lowest BCUT2D eigenvalue weighted by molar-refractivity contribution is -0.131. The van der Waals surface area contributed by atoms with E-state index in [1.54, 1.807) is 19.2 Å². The topological polar surface area (TPSA) is 87.5 Å². The van der Waals surface area contributed by atoms with Gasteiger partial charge in [0.1, 0.15) is 5.65 Å². The van der Waals surface area contributed by atoms with E-state index in [4.69, 9.17) is 0 Å². The molecule has 7 nitrogen and oxygen atoms in total. The fourth-order valence-electron chi connectivity index (χ4n) is 4.89. The van der Waals surface area contributed by atoms with Crippen molar-refractivity contribution in [3.63, 3.8) is 0 Å². The zero-order valence-electron chi connectivity index (χ0n) is 23.4. The Morgan fingerprint density at radius 1 is 0.927 bits per heavy atom. The molecule has 2 aromatic heterocycles. The van der Waals surface area contributed by atoms with Crippen molar-refractivity contribution in [2.24, 2.45) is 0 Å². The summed E-state index contributed by atoms with van der Waals surface area (Å²) in [6.07, 6.45) is -1.47. The number of nitrogens with one attached hydrogen (secondary N) is 3. The highest BCUT2D eigenvalue weighted by Crippen LogP contribution is 2.36. The molecule has 2 aromatic carbocycles. The van der Waals surface area contributed by atoms with Crippen LogP contribution in [0, 0.1) is 13.8 Å². The van der Waals surface area contributed by atoms with Gasteiger partial charge in [-0.25, -0.2) is 4.98 Å². The third-order valence-corrected chi connectivity index (χ3v) is 7.51. The Bertz CT molecular complexity index is 1650. The number of carbonyl (C=O) groups is 2. The summed E-state index contributed by atoms with van der Waals surface area (Å²) < 4.78 is 40.5. The number of fused-ring (bicyclic) bond motifs is 1. The second-order valence-corrected chi connectivity index (χ2v) is 10.9. The van der Waals surface area contributed by atoms with Gasteiger partial charge in [-0.1, -0.05) is 18.2 Å². The van der Waals surface area contributed by atoms with Crippen molar-refractivity contribution in [3.05, 3.63) is 77.0 Å². The van der Waals surface area contributed by atoms with E-state index in [1.807, 2.05) is 67.8 Å². The summed E-state index contributed by atoms with van der Waals surface area (Å²) in [5.74, 6) is -0.00135. The molecular weight excluding hydrogens is 531 g/mol. The van der Waals surface area contributed by atoms with Gasteiger partial charge in [0.05, 0.1) is 12.1 Å². The van der Waals surface area contributed by atoms with Gasteiger partial charge in [-0.05, 0) is 86.2 Å². The number of imidazole rings is 1. The molecule has 0 bridgehead atoms. The molecule has 5 rings (SSSR count). The van der Waals surface area contributed by atoms with Gasteiger partial charge < -0.3 is 16.0 Å². The summed E-state index contributed by atoms with van der Waals surface area (Å²) in [6, 6.07) is 14.6. The normalized spacial score (nSPS) is 14.1. The average molecular weight is 564 g/mol. The third-order valence-electron chi connectivity index (χ3n) is 7.51. The van der Waals surface area contributed by atoms with Crippen molar-refractivity contribution in [2.75, 3.05) is 18.9 Å². The number of alkyl halides is 3. The molecule has 0 aliphatic heterocycles. The zero-order chi connectivity index (χ0) is 29.5. The molecule has 0 unspecified atom stereocenters. The van der Waals surface area contributed by atoms with Crippen LogP contribution in [0.25, 0.3) is 28.0 Å². The van der Waals surface area contributed by atoms with E-state index in [0.717, 1.165) is 35.1 Å². The number of pyridine rings is 1. The number of rotatable bonds is 8. The fourth-order valence-corrected chi connectivity index (χ4v) is 4.89. The van der Waals surface area contributed by atoms with Crippen molar-refractivity contribution >= 4 is 23.3 Å². The zero-order valence-corrected chi connectivity index (χ0v) is 23.4. The SMILES string of the molecule is CNC(=O)c1ccc(-c2c(NCCC(F)(F)F)nc3ccc(-c4ccc(C(=O)NC5(C)CC5)c(C)c4)cn23)cc1C. The van der Waals surface area contributed by atoms with Crippen LogP contribution in [0.4, 0.5) is 19.0 Å². The van der Waals surface area contributed by atoms with Crippen LogP contribution in [0.3, 0.4) is 0 Å². The molecule has 2 heterocycles. The van der Waals surface area contributed by atoms with Gasteiger partial charge >= 0.3 is 6.18 Å². The van der Waals surface area contributed by atoms with Gasteiger partial charge in [-0.15, -0.1) is 0 Å². The van der Waals surface area contributed by atoms with E-state index in [9.17, 15) is 22.8 Å². The quantitative estimate of drug-likeness (QED) is 0.235. The Kier molecular flexibility index (Phi) is 7.27. The van der Waals surface area contributed by atoms with Crippen LogP contribution in [-0.4, -0.2) is 46.5 Å². The molecule has 1 fully saturated rings. The highest BCUT2D eigenvalue weighted by atomic mass is 19.4. The number of nitrogens with zero attached hydrogens (tertiary/aromatic N) is 2. The van der Waals surface area contributed by atoms with Gasteiger partial charge in [0, 0.05) is 42.0 Å². The Balaban J connectivity index is 1.55. The molecule has 2 amide bonds. The van der Waals surface area contributed by atoms with Gasteiger partial charge in [-0.2, -0.15) is 13.2 Å². The molecule has 0 radical (unpaired) electrons. The summed E-state index contributed by atoms with van der Waals surface area (Å²) in [6.45, 7) is 5.41. The number of benzene rings is 2. The lowest BCUT2D eigenvalue weighted by Crippen LogP contribution is -2.34. The van der Waals surface area contributed by atoms with Crippen LogP contribution in [0.2, 0.25) is 0 Å². The van der Waals surface area contributed by atoms with E-state index in [2.05, 4.69) is 20.9 Å². The number of hydrogen-bond acceptors (Lipinski definition) is 4. The summed E-state index contributed by atoms with van der Waals surface area (Å²) in [4.78, 5) is 29.6. The molecule has 0 saturated heterocycles. The van der Waals surface area contributed by atoms with Gasteiger partial charge in [0.25, 0.3) is 11.8 Å². The molecule has 1 aliphatic carbocycles. The van der Waals surface area contributed by atoms with Crippen molar-refractivity contribution in [3.8, 4) is 22.4 Å². The summed E-state index contributed by atoms with van der Waals surface area (Å²) in [7, 11) is 1.55. The van der Waals surface area contributed by atoms with E-state index in [-0.39, 0.29) is 23.9 Å². The highest BCUT2D eigenvalue weighted by Gasteiger charge is 2.39. The van der Waals surface area contributed by atoms with E-state index in [0.29, 0.717) is 33.8 Å². The minimum absolute atomic E-state index is 0.0912. The van der Waals surface area contributed by atoms with Crippen molar-refractivity contribution < 1.29 is 22.8 Å². The maximum atomic E-state index is 12.9. The number of amides is 2. The van der Waals surface area contributed by atoms with E-state index >= 15 is 0 Å². The molecule has 10 heteroatoms. The standard InChI is InChI=1S/C31H32F3N5O2/c1-18-15-20(5-8-24(18)29(41)38-30(3)11-12-30)22-7-10-25-37-27(36-14-13-31(32,33)34)26(39(25)17-22)21-6-9-23(19(2)16-21)28(40)35-4/h5-10,15-17,36H,11-14H2,1-4H3,(H,35,40)(H,38,41). The monoisotopic (exact) mass is 563 g/mol. The minimum Gasteiger partial charge on any atom is -0.368 e. The maximum absolute atomic E-state index is 12.9. The first-order valence-corrected chi connectivity index (χ1v) is 13.5. The first kappa shape index (κ1) is 28.2. The number of carbonyl (C=O) groups excluding carboxylic acids is 2. The molecule has 0 spiro atoms. The number of aryl methyl sites for hydroxylation is 2. The molecular formula is C31H32F3N5O2. The van der Waals surface area contributed by atoms with Gasteiger partial charge in [0.2, 0.25) is 0 Å². The Morgan fingerprint density at radius 3 is 2.15 bits per heavy atom. The predicted octanol–water partition coefficient (Wildman–Crippen LogP) is 6.29. The van der Waals surface area contributed by atoms with E-state index in [1.165, 1.54) is 0 Å². The first-order chi connectivity index (χ1) is 19.4. The van der Waals surface area contributed by atoms with Gasteiger partial charge in [-0.3, -0.25) is 14.0 Å². The molecule has 3 N–H and O–H groups in total. The van der Waals surface area contributed by atoms with E-state index < -0.39 is 12.6 Å². The Hall–Kier alpha value is -4.34. The molecule has 1 saturated carbocycles. The first-order valence-electron chi connectivity index (χ1n) is 13.5. The molecule has 41 heavy (non-hydrogen) atoms. The summed E-state index contributed by atoms with van der Waals surface area (Å²) >= 11 is 0. The van der Waals surface area contributed by atoms with Crippen LogP contribution in [0.15, 0.2) is 54.7 Å². The summed E-state index contributed by atoms with van der Waals surface area (Å²) in [5.41, 5.74) is 6.14. The maximum Gasteiger partial charge on any atom is 0.390 e. The largest absolute Gasteiger partial charge is 0.390 e. The number of aromatic nitrogens is 2. The van der Waals surface area contributed by atoms with Crippen molar-refractivity contribution in [2.45, 2.75) is 51.7 Å². The molecule has 214 valence electrons. The van der Waals surface area contributed by atoms with Crippen LogP contribution in [-0.2, 0) is 0 Å². The van der Waals surface area contributed by atoms with Crippen LogP contribution >= 0.6 is 0 Å². The van der Waals surface area contributed by atoms with Gasteiger partial charge in [0.15, 0.2) is 5.82 Å². The number of anilines is 1. The average Bonchev–Trinajstić information content (AvgIpc) is 3.52. The second-order valence-electron chi connectivity index (χ2n) is 10.9. The predicted molar refractivity (Wildman–Crippen MR) is 153 cm³/mol. The third kappa shape index (κ3) is 6.06. The van der Waals surface area contributed by atoms with Crippen LogP contribution in [0.1, 0.15) is 58.0 Å². The Labute approximate surface area is 236 Å². The highest BCUT2D eigenvalue weighted by molar-refractivity contribution is 5.97. The van der Waals surface area contributed by atoms with Crippen molar-refractivity contribution in [1.82, 2.24) is 20.0 Å².